The highest BCUT2D eigenvalue weighted by Gasteiger charge is 2.48. The van der Waals surface area contributed by atoms with Gasteiger partial charge in [-0.05, 0) is 32.4 Å². The summed E-state index contributed by atoms with van der Waals surface area (Å²) in [7, 11) is -2.80. The number of halogens is 2. The molecule has 2 aliphatic rings. The van der Waals surface area contributed by atoms with Crippen LogP contribution < -0.4 is 16.0 Å². The second-order valence-electron chi connectivity index (χ2n) is 9.30. The molecule has 3 amide bonds. The number of sulfonamides is 1. The van der Waals surface area contributed by atoms with Crippen molar-refractivity contribution in [1.29, 1.82) is 5.26 Å². The molecule has 192 valence electrons. The zero-order chi connectivity index (χ0) is 26.1. The van der Waals surface area contributed by atoms with Gasteiger partial charge < -0.3 is 10.6 Å². The van der Waals surface area contributed by atoms with Crippen LogP contribution in [-0.4, -0.2) is 74.1 Å². The number of quaternary nitrogens is 1. The normalized spacial score (nSPS) is 28.4. The van der Waals surface area contributed by atoms with Crippen LogP contribution in [0.2, 0.25) is 0 Å². The first-order chi connectivity index (χ1) is 16.4. The second-order valence-corrected chi connectivity index (χ2v) is 11.1. The third kappa shape index (κ3) is 4.82. The van der Waals surface area contributed by atoms with Crippen molar-refractivity contribution in [3.05, 3.63) is 23.8 Å². The topological polar surface area (TPSA) is 131 Å². The van der Waals surface area contributed by atoms with Crippen LogP contribution in [0.3, 0.4) is 0 Å². The maximum absolute atomic E-state index is 14.3. The van der Waals surface area contributed by atoms with Crippen molar-refractivity contribution in [3.8, 4) is 6.07 Å². The predicted octanol–water partition coefficient (Wildman–Crippen LogP) is 1.71. The predicted molar refractivity (Wildman–Crippen MR) is 123 cm³/mol. The van der Waals surface area contributed by atoms with Crippen molar-refractivity contribution in [1.82, 2.24) is 14.9 Å². The van der Waals surface area contributed by atoms with E-state index in [1.54, 1.807) is 6.92 Å². The highest BCUT2D eigenvalue weighted by Crippen LogP contribution is 2.33. The number of carbonyl (C=O) groups excluding carboxylic acids is 2. The number of carbonyl (C=O) groups is 2. The Morgan fingerprint density at radius 3 is 2.71 bits per heavy atom. The lowest BCUT2D eigenvalue weighted by Gasteiger charge is -2.51. The van der Waals surface area contributed by atoms with Crippen LogP contribution in [-0.2, 0) is 14.8 Å². The van der Waals surface area contributed by atoms with Crippen LogP contribution in [0.25, 0.3) is 0 Å². The minimum Gasteiger partial charge on any atom is -0.352 e. The molecule has 3 N–H and O–H groups in total. The molecule has 2 heterocycles. The van der Waals surface area contributed by atoms with Crippen molar-refractivity contribution < 1.29 is 31.3 Å². The number of anilines is 1. The zero-order valence-corrected chi connectivity index (χ0v) is 21.0. The van der Waals surface area contributed by atoms with E-state index in [9.17, 15) is 32.0 Å². The van der Waals surface area contributed by atoms with E-state index in [2.05, 4.69) is 28.9 Å². The first-order valence-electron chi connectivity index (χ1n) is 11.5. The van der Waals surface area contributed by atoms with Gasteiger partial charge in [0.1, 0.15) is 17.5 Å². The summed E-state index contributed by atoms with van der Waals surface area (Å²) >= 11 is 0. The van der Waals surface area contributed by atoms with Gasteiger partial charge >= 0.3 is 6.03 Å². The van der Waals surface area contributed by atoms with E-state index in [1.165, 1.54) is 0 Å². The van der Waals surface area contributed by atoms with Gasteiger partial charge in [-0.2, -0.15) is 5.26 Å². The molecule has 13 heteroatoms. The van der Waals surface area contributed by atoms with Gasteiger partial charge in [-0.1, -0.05) is 13.3 Å². The van der Waals surface area contributed by atoms with Crippen molar-refractivity contribution in [3.63, 3.8) is 0 Å². The van der Waals surface area contributed by atoms with Crippen LogP contribution in [0.4, 0.5) is 19.3 Å². The number of rotatable bonds is 7. The lowest BCUT2D eigenvalue weighted by molar-refractivity contribution is -0.958. The molecule has 2 aliphatic heterocycles. The van der Waals surface area contributed by atoms with Crippen LogP contribution in [0.1, 0.15) is 33.6 Å². The Balaban J connectivity index is 1.75. The minimum atomic E-state index is -4.80. The van der Waals surface area contributed by atoms with E-state index < -0.39 is 62.9 Å². The third-order valence-corrected chi connectivity index (χ3v) is 8.98. The van der Waals surface area contributed by atoms with Gasteiger partial charge in [-0.15, -0.1) is 0 Å². The van der Waals surface area contributed by atoms with Gasteiger partial charge in [0, 0.05) is 18.5 Å². The van der Waals surface area contributed by atoms with Crippen molar-refractivity contribution in [2.45, 2.75) is 56.8 Å². The maximum Gasteiger partial charge on any atom is 0.336 e. The summed E-state index contributed by atoms with van der Waals surface area (Å²) in [6.45, 7) is 6.19. The largest absolute Gasteiger partial charge is 0.352 e. The lowest BCUT2D eigenvalue weighted by Crippen LogP contribution is -2.72. The number of nitrogens with zero attached hydrogens (tertiary/aromatic N) is 3. The Morgan fingerprint density at radius 1 is 1.40 bits per heavy atom. The number of nitrogens with one attached hydrogen (secondary N) is 3. The number of hydrogen-bond acceptors (Lipinski definition) is 6. The van der Waals surface area contributed by atoms with Crippen molar-refractivity contribution >= 4 is 27.6 Å². The molecule has 0 aromatic heterocycles. The average molecular weight is 514 g/mol. The summed E-state index contributed by atoms with van der Waals surface area (Å²) in [4.78, 5) is 24.2. The molecule has 4 unspecified atom stereocenters. The van der Waals surface area contributed by atoms with E-state index in [1.807, 2.05) is 14.0 Å². The van der Waals surface area contributed by atoms with Crippen LogP contribution >= 0.6 is 0 Å². The first-order valence-corrected chi connectivity index (χ1v) is 12.9. The number of fused-ring (bicyclic) bond motifs is 1. The molecule has 0 bridgehead atoms. The quantitative estimate of drug-likeness (QED) is 0.476. The fourth-order valence-corrected chi connectivity index (χ4v) is 6.37. The number of nitriles is 1. The molecule has 5 atom stereocenters. The Hall–Kier alpha value is -2.82. The van der Waals surface area contributed by atoms with Gasteiger partial charge in [0.15, 0.2) is 11.6 Å². The zero-order valence-electron chi connectivity index (χ0n) is 20.1. The number of amides is 3. The molecule has 1 aromatic carbocycles. The fourth-order valence-electron chi connectivity index (χ4n) is 4.88. The van der Waals surface area contributed by atoms with Gasteiger partial charge in [-0.3, -0.25) is 14.6 Å². The molecule has 10 nitrogen and oxygen atoms in total. The van der Waals surface area contributed by atoms with Crippen LogP contribution in [0.5, 0.6) is 0 Å². The van der Waals surface area contributed by atoms with E-state index in [4.69, 9.17) is 0 Å². The fraction of sp³-hybridized carbons (Fsp3) is 0.591. The highest BCUT2D eigenvalue weighted by atomic mass is 32.2. The van der Waals surface area contributed by atoms with Crippen LogP contribution in [0.15, 0.2) is 17.0 Å². The third-order valence-electron chi connectivity index (χ3n) is 7.19. The average Bonchev–Trinajstić information content (AvgIpc) is 2.79. The number of urea groups is 1. The van der Waals surface area contributed by atoms with E-state index in [0.29, 0.717) is 17.1 Å². The summed E-state index contributed by atoms with van der Waals surface area (Å²) < 4.78 is 54.3. The van der Waals surface area contributed by atoms with Crippen LogP contribution in [0, 0.1) is 28.9 Å². The first kappa shape index (κ1) is 26.8. The van der Waals surface area contributed by atoms with Gasteiger partial charge in [0.25, 0.3) is 10.0 Å². The smallest absolute Gasteiger partial charge is 0.336 e. The Labute approximate surface area is 203 Å². The Morgan fingerprint density at radius 2 is 2.09 bits per heavy atom. The van der Waals surface area contributed by atoms with E-state index in [0.717, 1.165) is 25.5 Å². The molecule has 3 rings (SSSR count). The Bertz CT molecular complexity index is 1160. The summed E-state index contributed by atoms with van der Waals surface area (Å²) in [6, 6.07) is 2.39. The monoisotopic (exact) mass is 513 g/mol. The number of hydrogen-bond donors (Lipinski definition) is 3. The summed E-state index contributed by atoms with van der Waals surface area (Å²) in [5.41, 5.74) is -0.391. The molecule has 0 spiro atoms. The van der Waals surface area contributed by atoms with Gasteiger partial charge in [0.05, 0.1) is 25.3 Å². The molecule has 0 saturated carbocycles. The summed E-state index contributed by atoms with van der Waals surface area (Å²) in [6.07, 6.45) is 1.50. The van der Waals surface area contributed by atoms with Crippen molar-refractivity contribution in [2.75, 3.05) is 32.0 Å². The second kappa shape index (κ2) is 10.0. The van der Waals surface area contributed by atoms with Gasteiger partial charge in [0.2, 0.25) is 12.1 Å². The maximum atomic E-state index is 14.3. The highest BCUT2D eigenvalue weighted by molar-refractivity contribution is 7.90. The lowest BCUT2D eigenvalue weighted by atomic mass is 9.87. The SMILES string of the molecule is CCCC[N+]1(C)C(C#N)NCC([C@H](C)NC(=O)CN2C(=O)Nc3ccc(F)c(F)c3S2(=O)=O)C1C. The molecule has 1 fully saturated rings. The van der Waals surface area contributed by atoms with Gasteiger partial charge in [-0.25, -0.2) is 26.3 Å². The Kier molecular flexibility index (Phi) is 7.68. The van der Waals surface area contributed by atoms with E-state index in [-0.39, 0.29) is 16.3 Å². The standard InChI is InChI=1S/C22H30F2N6O4S/c1-5-6-9-30(4)14(3)15(11-26-18(30)10-25)13(2)27-19(31)12-29-22(32)28-17-8-7-16(23)20(24)21(17)35(29,33)34/h7-8,13-15,18,26H,5-6,9,11-12H2,1-4H3,(H-,27,28,31,32)/p+1/t13-,14?,15?,18?,30?/m0/s1. The molecule has 0 radical (unpaired) electrons. The van der Waals surface area contributed by atoms with Crippen molar-refractivity contribution in [2.24, 2.45) is 5.92 Å². The number of unbranched alkanes of at least 4 members (excludes halogenated alkanes) is 1. The number of benzene rings is 1. The molecule has 35 heavy (non-hydrogen) atoms. The summed E-state index contributed by atoms with van der Waals surface area (Å²) in [5.74, 6) is -3.88. The molecular weight excluding hydrogens is 482 g/mol. The molecule has 1 saturated heterocycles. The van der Waals surface area contributed by atoms with E-state index >= 15 is 0 Å². The summed E-state index contributed by atoms with van der Waals surface area (Å²) in [5, 5.41) is 17.8. The molecule has 1 aromatic rings. The minimum absolute atomic E-state index is 0.00582. The molecule has 0 aliphatic carbocycles. The molecular formula is C22H31F2N6O4S+.